The highest BCUT2D eigenvalue weighted by Gasteiger charge is 2.21. The van der Waals surface area contributed by atoms with Crippen molar-refractivity contribution < 1.29 is 9.18 Å². The molecule has 0 radical (unpaired) electrons. The van der Waals surface area contributed by atoms with Gasteiger partial charge in [-0.05, 0) is 18.9 Å². The molecule has 2 nitrogen and oxygen atoms in total. The quantitative estimate of drug-likeness (QED) is 0.730. The number of rotatable bonds is 2. The third kappa shape index (κ3) is 3.35. The second-order valence-corrected chi connectivity index (χ2v) is 4.80. The lowest BCUT2D eigenvalue weighted by Gasteiger charge is -2.18. The summed E-state index contributed by atoms with van der Waals surface area (Å²) in [5, 5.41) is 0. The summed E-state index contributed by atoms with van der Waals surface area (Å²) in [7, 11) is 0. The van der Waals surface area contributed by atoms with E-state index in [4.69, 9.17) is 0 Å². The van der Waals surface area contributed by atoms with Gasteiger partial charge in [0, 0.05) is 17.7 Å². The topological polar surface area (TPSA) is 30.0 Å². The smallest absolute Gasteiger partial charge is 0.167 e. The lowest BCUT2D eigenvalue weighted by Crippen LogP contribution is -2.16. The average Bonchev–Trinajstić information content (AvgIpc) is 2.28. The van der Waals surface area contributed by atoms with E-state index >= 15 is 0 Å². The summed E-state index contributed by atoms with van der Waals surface area (Å²) < 4.78 is 13.0. The van der Waals surface area contributed by atoms with Gasteiger partial charge in [-0.3, -0.25) is 9.78 Å². The summed E-state index contributed by atoms with van der Waals surface area (Å²) in [6, 6.07) is 1.30. The molecule has 1 aliphatic carbocycles. The van der Waals surface area contributed by atoms with Crippen LogP contribution in [0.1, 0.15) is 55.3 Å². The molecule has 1 saturated carbocycles. The van der Waals surface area contributed by atoms with E-state index in [1.807, 2.05) is 0 Å². The Morgan fingerprint density at radius 2 is 1.76 bits per heavy atom. The van der Waals surface area contributed by atoms with Gasteiger partial charge >= 0.3 is 0 Å². The Balaban J connectivity index is 2.07. The Bertz CT molecular complexity index is 384. The Morgan fingerprint density at radius 3 is 2.41 bits per heavy atom. The maximum Gasteiger partial charge on any atom is 0.167 e. The van der Waals surface area contributed by atoms with Crippen molar-refractivity contribution in [3.8, 4) is 0 Å². The molecular weight excluding hydrogens is 217 g/mol. The number of carbonyl (C=O) groups is 1. The summed E-state index contributed by atoms with van der Waals surface area (Å²) in [5.74, 6) is -0.292. The Kier molecular flexibility index (Phi) is 4.24. The van der Waals surface area contributed by atoms with Crippen LogP contribution in [0.5, 0.6) is 0 Å². The second-order valence-electron chi connectivity index (χ2n) is 4.80. The van der Waals surface area contributed by atoms with E-state index in [1.54, 1.807) is 0 Å². The molecule has 0 aromatic carbocycles. The minimum absolute atomic E-state index is 0.0684. The Morgan fingerprint density at radius 1 is 1.12 bits per heavy atom. The van der Waals surface area contributed by atoms with Gasteiger partial charge in [-0.15, -0.1) is 0 Å². The standard InChI is InChI=1S/C14H18FNO/c15-13-8-12(9-16-10-13)14(17)11-6-4-2-1-3-5-7-11/h8-11H,1-7H2. The number of nitrogens with zero attached hydrogens (tertiary/aromatic N) is 1. The van der Waals surface area contributed by atoms with Crippen molar-refractivity contribution in [1.29, 1.82) is 0 Å². The van der Waals surface area contributed by atoms with Crippen LogP contribution in [-0.2, 0) is 0 Å². The summed E-state index contributed by atoms with van der Waals surface area (Å²) in [6.07, 6.45) is 10.4. The maximum atomic E-state index is 13.0. The summed E-state index contributed by atoms with van der Waals surface area (Å²) >= 11 is 0. The van der Waals surface area contributed by atoms with Crippen LogP contribution in [0.4, 0.5) is 4.39 Å². The van der Waals surface area contributed by atoms with E-state index in [9.17, 15) is 9.18 Å². The molecule has 0 atom stereocenters. The monoisotopic (exact) mass is 235 g/mol. The van der Waals surface area contributed by atoms with Crippen molar-refractivity contribution in [2.24, 2.45) is 5.92 Å². The first-order valence-electron chi connectivity index (χ1n) is 6.42. The van der Waals surface area contributed by atoms with Gasteiger partial charge in [0.1, 0.15) is 5.82 Å². The van der Waals surface area contributed by atoms with Crippen LogP contribution >= 0.6 is 0 Å². The first-order chi connectivity index (χ1) is 8.27. The number of hydrogen-bond acceptors (Lipinski definition) is 2. The number of aromatic nitrogens is 1. The molecule has 0 amide bonds. The van der Waals surface area contributed by atoms with Gasteiger partial charge in [0.15, 0.2) is 5.78 Å². The molecule has 1 aromatic heterocycles. The first kappa shape index (κ1) is 12.2. The molecule has 0 N–H and O–H groups in total. The van der Waals surface area contributed by atoms with Crippen molar-refractivity contribution in [2.75, 3.05) is 0 Å². The number of hydrogen-bond donors (Lipinski definition) is 0. The number of ketones is 1. The number of Topliss-reactive ketones (excluding diaryl/α,β-unsaturated/α-hetero) is 1. The molecule has 1 aromatic rings. The van der Waals surface area contributed by atoms with Crippen LogP contribution in [0.15, 0.2) is 18.5 Å². The van der Waals surface area contributed by atoms with Crippen molar-refractivity contribution in [3.63, 3.8) is 0 Å². The third-order valence-corrected chi connectivity index (χ3v) is 3.47. The highest BCUT2D eigenvalue weighted by molar-refractivity contribution is 5.97. The Hall–Kier alpha value is -1.25. The van der Waals surface area contributed by atoms with Crippen LogP contribution in [0, 0.1) is 11.7 Å². The van der Waals surface area contributed by atoms with Crippen molar-refractivity contribution >= 4 is 5.78 Å². The summed E-state index contributed by atoms with van der Waals surface area (Å²) in [5.41, 5.74) is 0.426. The number of carbonyl (C=O) groups excluding carboxylic acids is 1. The molecule has 3 heteroatoms. The lowest BCUT2D eigenvalue weighted by atomic mass is 9.86. The van der Waals surface area contributed by atoms with Crippen LogP contribution in [-0.4, -0.2) is 10.8 Å². The number of pyridine rings is 1. The van der Waals surface area contributed by atoms with Crippen molar-refractivity contribution in [2.45, 2.75) is 44.9 Å². The predicted molar refractivity (Wildman–Crippen MR) is 64.3 cm³/mol. The SMILES string of the molecule is O=C(c1cncc(F)c1)C1CCCCCCC1. The van der Waals surface area contributed by atoms with Gasteiger partial charge in [-0.25, -0.2) is 4.39 Å². The molecule has 1 aliphatic rings. The lowest BCUT2D eigenvalue weighted by molar-refractivity contribution is 0.0897. The zero-order valence-corrected chi connectivity index (χ0v) is 9.99. The summed E-state index contributed by atoms with van der Waals surface area (Å²) in [6.45, 7) is 0. The first-order valence-corrected chi connectivity index (χ1v) is 6.42. The predicted octanol–water partition coefficient (Wildman–Crippen LogP) is 3.76. The molecule has 17 heavy (non-hydrogen) atoms. The van der Waals surface area contributed by atoms with Crippen LogP contribution in [0.25, 0.3) is 0 Å². The molecule has 0 saturated heterocycles. The minimum Gasteiger partial charge on any atom is -0.294 e. The fourth-order valence-electron chi connectivity index (χ4n) is 2.50. The van der Waals surface area contributed by atoms with Gasteiger partial charge in [0.25, 0.3) is 0 Å². The molecule has 0 bridgehead atoms. The van der Waals surface area contributed by atoms with Gasteiger partial charge in [-0.1, -0.05) is 32.1 Å². The third-order valence-electron chi connectivity index (χ3n) is 3.47. The van der Waals surface area contributed by atoms with Crippen LogP contribution in [0.3, 0.4) is 0 Å². The molecule has 1 heterocycles. The number of halogens is 1. The summed E-state index contributed by atoms with van der Waals surface area (Å²) in [4.78, 5) is 16.0. The highest BCUT2D eigenvalue weighted by atomic mass is 19.1. The van der Waals surface area contributed by atoms with Gasteiger partial charge in [0.2, 0.25) is 0 Å². The van der Waals surface area contributed by atoms with Crippen LogP contribution < -0.4 is 0 Å². The maximum absolute atomic E-state index is 13.0. The van der Waals surface area contributed by atoms with Gasteiger partial charge in [0.05, 0.1) is 6.20 Å². The molecule has 0 unspecified atom stereocenters. The zero-order valence-electron chi connectivity index (χ0n) is 9.99. The van der Waals surface area contributed by atoms with Gasteiger partial charge in [-0.2, -0.15) is 0 Å². The molecule has 0 aliphatic heterocycles. The van der Waals surface area contributed by atoms with E-state index in [-0.39, 0.29) is 11.7 Å². The van der Waals surface area contributed by atoms with Crippen LogP contribution in [0.2, 0.25) is 0 Å². The zero-order chi connectivity index (χ0) is 12.1. The Labute approximate surface area is 101 Å². The minimum atomic E-state index is -0.429. The molecule has 2 rings (SSSR count). The van der Waals surface area contributed by atoms with Crippen molar-refractivity contribution in [1.82, 2.24) is 4.98 Å². The van der Waals surface area contributed by atoms with E-state index in [2.05, 4.69) is 4.98 Å². The van der Waals surface area contributed by atoms with E-state index in [1.165, 1.54) is 31.5 Å². The molecule has 1 fully saturated rings. The van der Waals surface area contributed by atoms with E-state index in [0.29, 0.717) is 5.56 Å². The highest BCUT2D eigenvalue weighted by Crippen LogP contribution is 2.25. The molecule has 92 valence electrons. The van der Waals surface area contributed by atoms with E-state index < -0.39 is 5.82 Å². The molecule has 0 spiro atoms. The fraction of sp³-hybridized carbons (Fsp3) is 0.571. The van der Waals surface area contributed by atoms with Crippen molar-refractivity contribution in [3.05, 3.63) is 29.8 Å². The van der Waals surface area contributed by atoms with E-state index in [0.717, 1.165) is 31.9 Å². The largest absolute Gasteiger partial charge is 0.294 e. The second kappa shape index (κ2) is 5.89. The molecular formula is C14H18FNO. The van der Waals surface area contributed by atoms with Gasteiger partial charge < -0.3 is 0 Å². The fourth-order valence-corrected chi connectivity index (χ4v) is 2.50. The average molecular weight is 235 g/mol. The normalized spacial score (nSPS) is 18.4.